The van der Waals surface area contributed by atoms with E-state index in [1.165, 1.54) is 7.11 Å². The van der Waals surface area contributed by atoms with Crippen LogP contribution in [0, 0.1) is 0 Å². The van der Waals surface area contributed by atoms with E-state index in [2.05, 4.69) is 9.97 Å². The Balaban J connectivity index is 2.44. The normalized spacial score (nSPS) is 15.1. The fourth-order valence-electron chi connectivity index (χ4n) is 1.08. The first-order chi connectivity index (χ1) is 6.74. The van der Waals surface area contributed by atoms with Gasteiger partial charge in [0.2, 0.25) is 0 Å². The summed E-state index contributed by atoms with van der Waals surface area (Å²) >= 11 is 0. The van der Waals surface area contributed by atoms with Gasteiger partial charge in [0.1, 0.15) is 5.82 Å². The van der Waals surface area contributed by atoms with Crippen LogP contribution < -0.4 is 5.73 Å². The molecule has 0 aliphatic heterocycles. The van der Waals surface area contributed by atoms with Crippen LogP contribution >= 0.6 is 0 Å². The molecule has 0 fully saturated rings. The van der Waals surface area contributed by atoms with Gasteiger partial charge < -0.3 is 15.6 Å². The monoisotopic (exact) mass is 197 g/mol. The Morgan fingerprint density at radius 2 is 2.14 bits per heavy atom. The van der Waals surface area contributed by atoms with Crippen molar-refractivity contribution in [1.82, 2.24) is 9.97 Å². The number of aliphatic hydroxyl groups is 1. The highest BCUT2D eigenvalue weighted by Crippen LogP contribution is 1.98. The predicted octanol–water partition coefficient (Wildman–Crippen LogP) is -0.646. The van der Waals surface area contributed by atoms with E-state index in [9.17, 15) is 5.11 Å². The lowest BCUT2D eigenvalue weighted by Gasteiger charge is -2.16. The van der Waals surface area contributed by atoms with Gasteiger partial charge in [-0.1, -0.05) is 0 Å². The minimum absolute atomic E-state index is 0.230. The molecule has 5 nitrogen and oxygen atoms in total. The second kappa shape index (κ2) is 5.64. The van der Waals surface area contributed by atoms with Crippen molar-refractivity contribution in [3.63, 3.8) is 0 Å². The average molecular weight is 197 g/mol. The van der Waals surface area contributed by atoms with E-state index in [0.29, 0.717) is 12.2 Å². The van der Waals surface area contributed by atoms with Crippen molar-refractivity contribution in [2.75, 3.05) is 13.7 Å². The van der Waals surface area contributed by atoms with Crippen LogP contribution in [-0.4, -0.2) is 40.9 Å². The number of rotatable bonds is 5. The first-order valence-corrected chi connectivity index (χ1v) is 4.42. The highest BCUT2D eigenvalue weighted by molar-refractivity contribution is 4.92. The van der Waals surface area contributed by atoms with Crippen LogP contribution in [0.15, 0.2) is 18.5 Å². The molecule has 0 aliphatic rings. The van der Waals surface area contributed by atoms with Crippen molar-refractivity contribution >= 4 is 0 Å². The number of nitrogens with zero attached hydrogens (tertiary/aromatic N) is 2. The van der Waals surface area contributed by atoms with E-state index in [-0.39, 0.29) is 6.61 Å². The Kier molecular flexibility index (Phi) is 4.45. The lowest BCUT2D eigenvalue weighted by Crippen LogP contribution is -2.39. The van der Waals surface area contributed by atoms with Gasteiger partial charge in [-0.25, -0.2) is 9.97 Å². The van der Waals surface area contributed by atoms with E-state index in [0.717, 1.165) is 0 Å². The van der Waals surface area contributed by atoms with Crippen LogP contribution in [0.5, 0.6) is 0 Å². The summed E-state index contributed by atoms with van der Waals surface area (Å²) in [7, 11) is 1.52. The lowest BCUT2D eigenvalue weighted by atomic mass is 10.1. The Hall–Kier alpha value is -1.04. The summed E-state index contributed by atoms with van der Waals surface area (Å²) in [6, 6.07) is 1.35. The zero-order valence-electron chi connectivity index (χ0n) is 8.13. The van der Waals surface area contributed by atoms with Gasteiger partial charge >= 0.3 is 0 Å². The molecule has 78 valence electrons. The van der Waals surface area contributed by atoms with Gasteiger partial charge in [0.25, 0.3) is 0 Å². The third-order valence-electron chi connectivity index (χ3n) is 1.87. The summed E-state index contributed by atoms with van der Waals surface area (Å²) in [5, 5.41) is 9.47. The standard InChI is InChI=1S/C9H15N3O2/c1-14-6-8(13)7(10)5-9-11-3-2-4-12-9/h2-4,7-8,13H,5-6,10H2,1H3/t7-,8-/m1/s1. The number of nitrogens with two attached hydrogens (primary N) is 1. The molecule has 0 radical (unpaired) electrons. The van der Waals surface area contributed by atoms with Crippen LogP contribution in [0.2, 0.25) is 0 Å². The smallest absolute Gasteiger partial charge is 0.129 e. The van der Waals surface area contributed by atoms with Crippen molar-refractivity contribution in [2.45, 2.75) is 18.6 Å². The fourth-order valence-corrected chi connectivity index (χ4v) is 1.08. The van der Waals surface area contributed by atoms with Crippen molar-refractivity contribution in [2.24, 2.45) is 5.73 Å². The minimum Gasteiger partial charge on any atom is -0.389 e. The van der Waals surface area contributed by atoms with Crippen LogP contribution in [0.25, 0.3) is 0 Å². The maximum absolute atomic E-state index is 9.47. The van der Waals surface area contributed by atoms with Crippen LogP contribution in [0.1, 0.15) is 5.82 Å². The topological polar surface area (TPSA) is 81.3 Å². The van der Waals surface area contributed by atoms with Crippen molar-refractivity contribution < 1.29 is 9.84 Å². The van der Waals surface area contributed by atoms with Crippen LogP contribution in [0.4, 0.5) is 0 Å². The van der Waals surface area contributed by atoms with Gasteiger partial charge in [0.05, 0.1) is 12.7 Å². The van der Waals surface area contributed by atoms with E-state index >= 15 is 0 Å². The molecule has 1 heterocycles. The number of aliphatic hydroxyl groups excluding tert-OH is 1. The number of hydrogen-bond acceptors (Lipinski definition) is 5. The molecule has 0 amide bonds. The molecule has 2 atom stereocenters. The summed E-state index contributed by atoms with van der Waals surface area (Å²) in [5.74, 6) is 0.634. The first-order valence-electron chi connectivity index (χ1n) is 4.42. The van der Waals surface area contributed by atoms with Crippen molar-refractivity contribution in [3.05, 3.63) is 24.3 Å². The van der Waals surface area contributed by atoms with Crippen molar-refractivity contribution in [1.29, 1.82) is 0 Å². The molecular formula is C9H15N3O2. The zero-order chi connectivity index (χ0) is 10.4. The van der Waals surface area contributed by atoms with Gasteiger partial charge in [-0.3, -0.25) is 0 Å². The van der Waals surface area contributed by atoms with Gasteiger partial charge in [-0.2, -0.15) is 0 Å². The summed E-state index contributed by atoms with van der Waals surface area (Å²) < 4.78 is 4.79. The lowest BCUT2D eigenvalue weighted by molar-refractivity contribution is 0.0476. The predicted molar refractivity (Wildman–Crippen MR) is 51.6 cm³/mol. The number of hydrogen-bond donors (Lipinski definition) is 2. The molecule has 0 aliphatic carbocycles. The third kappa shape index (κ3) is 3.37. The summed E-state index contributed by atoms with van der Waals surface area (Å²) in [5.41, 5.74) is 5.73. The molecule has 0 aromatic carbocycles. The molecule has 0 saturated heterocycles. The number of ether oxygens (including phenoxy) is 1. The third-order valence-corrected chi connectivity index (χ3v) is 1.87. The highest BCUT2D eigenvalue weighted by Gasteiger charge is 2.15. The Morgan fingerprint density at radius 1 is 1.50 bits per heavy atom. The molecule has 14 heavy (non-hydrogen) atoms. The molecule has 0 saturated carbocycles. The zero-order valence-corrected chi connectivity index (χ0v) is 8.13. The molecule has 1 aromatic heterocycles. The van der Waals surface area contributed by atoms with Crippen LogP contribution in [-0.2, 0) is 11.2 Å². The molecule has 1 rings (SSSR count). The average Bonchev–Trinajstić information content (AvgIpc) is 2.19. The Morgan fingerprint density at radius 3 is 2.71 bits per heavy atom. The number of aromatic nitrogens is 2. The first kappa shape index (κ1) is 11.0. The summed E-state index contributed by atoms with van der Waals surface area (Å²) in [4.78, 5) is 8.04. The molecular weight excluding hydrogens is 182 g/mol. The maximum atomic E-state index is 9.47. The quantitative estimate of drug-likeness (QED) is 0.655. The highest BCUT2D eigenvalue weighted by atomic mass is 16.5. The molecule has 0 unspecified atom stereocenters. The molecule has 3 N–H and O–H groups in total. The molecule has 0 bridgehead atoms. The SMILES string of the molecule is COC[C@@H](O)[C@H](N)Cc1ncccn1. The Labute approximate surface area is 82.9 Å². The van der Waals surface area contributed by atoms with E-state index in [4.69, 9.17) is 10.5 Å². The number of methoxy groups -OCH3 is 1. The molecule has 0 spiro atoms. The van der Waals surface area contributed by atoms with E-state index in [1.807, 2.05) is 0 Å². The molecule has 1 aromatic rings. The summed E-state index contributed by atoms with van der Waals surface area (Å²) in [6.07, 6.45) is 3.07. The summed E-state index contributed by atoms with van der Waals surface area (Å²) in [6.45, 7) is 0.230. The largest absolute Gasteiger partial charge is 0.389 e. The van der Waals surface area contributed by atoms with Crippen LogP contribution in [0.3, 0.4) is 0 Å². The van der Waals surface area contributed by atoms with Crippen molar-refractivity contribution in [3.8, 4) is 0 Å². The maximum Gasteiger partial charge on any atom is 0.129 e. The minimum atomic E-state index is -0.677. The van der Waals surface area contributed by atoms with E-state index in [1.54, 1.807) is 18.5 Å². The van der Waals surface area contributed by atoms with Gasteiger partial charge in [0, 0.05) is 32.0 Å². The van der Waals surface area contributed by atoms with Gasteiger partial charge in [-0.15, -0.1) is 0 Å². The van der Waals surface area contributed by atoms with E-state index < -0.39 is 12.1 Å². The van der Waals surface area contributed by atoms with Gasteiger partial charge in [0.15, 0.2) is 0 Å². The molecule has 5 heteroatoms. The van der Waals surface area contributed by atoms with Gasteiger partial charge in [-0.05, 0) is 6.07 Å². The second-order valence-corrected chi connectivity index (χ2v) is 3.06. The fraction of sp³-hybridized carbons (Fsp3) is 0.556. The Bertz CT molecular complexity index is 255. The second-order valence-electron chi connectivity index (χ2n) is 3.06.